The number of hydrogen-bond donors (Lipinski definition) is 0. The number of nitrogens with zero attached hydrogens (tertiary/aromatic N) is 1. The summed E-state index contributed by atoms with van der Waals surface area (Å²) in [6.45, 7) is 2.55. The van der Waals surface area contributed by atoms with E-state index >= 15 is 0 Å². The molecule has 2 nitrogen and oxygen atoms in total. The molecule has 2 aliphatic heterocycles. The maximum atomic E-state index is 12.5. The molecule has 0 bridgehead atoms. The lowest BCUT2D eigenvalue weighted by molar-refractivity contribution is -0.153. The van der Waals surface area contributed by atoms with E-state index in [1.54, 1.807) is 17.0 Å². The molecule has 0 N–H and O–H groups in total. The van der Waals surface area contributed by atoms with Gasteiger partial charge in [-0.1, -0.05) is 76.4 Å². The van der Waals surface area contributed by atoms with Gasteiger partial charge >= 0.3 is 0 Å². The largest absolute Gasteiger partial charge is 0.313 e. The van der Waals surface area contributed by atoms with Crippen molar-refractivity contribution < 1.29 is 4.79 Å². The molecule has 2 heterocycles. The van der Waals surface area contributed by atoms with Crippen molar-refractivity contribution in [3.63, 3.8) is 0 Å². The van der Waals surface area contributed by atoms with Crippen molar-refractivity contribution >= 4 is 52.5 Å². The van der Waals surface area contributed by atoms with E-state index in [0.717, 1.165) is 16.0 Å². The van der Waals surface area contributed by atoms with Crippen LogP contribution in [0.15, 0.2) is 47.4 Å². The standard InChI is InChI=1S/C17H12Cl3NOS/c1-10-2-7-14-11(8-10)9-21-15(22)16(19,20)17(21,23-14)12-3-5-13(18)6-4-12/h2-8H,9H2,1H3/t17-/m0/s1. The molecule has 0 spiro atoms. The van der Waals surface area contributed by atoms with E-state index in [9.17, 15) is 4.79 Å². The molecular weight excluding hydrogens is 373 g/mol. The highest BCUT2D eigenvalue weighted by Crippen LogP contribution is 2.66. The Morgan fingerprint density at radius 2 is 1.83 bits per heavy atom. The highest BCUT2D eigenvalue weighted by molar-refractivity contribution is 8.00. The van der Waals surface area contributed by atoms with E-state index in [-0.39, 0.29) is 5.91 Å². The number of amides is 1. The summed E-state index contributed by atoms with van der Waals surface area (Å²) in [4.78, 5) is 14.5. The molecule has 1 atom stereocenters. The lowest BCUT2D eigenvalue weighted by atomic mass is 9.90. The summed E-state index contributed by atoms with van der Waals surface area (Å²) in [5.74, 6) is -0.254. The number of benzene rings is 2. The fourth-order valence-corrected chi connectivity index (χ4v) is 5.63. The first-order chi connectivity index (χ1) is 10.9. The number of rotatable bonds is 1. The molecule has 0 saturated carbocycles. The second-order valence-electron chi connectivity index (χ2n) is 5.83. The fraction of sp³-hybridized carbons (Fsp3) is 0.235. The molecule has 0 aromatic heterocycles. The lowest BCUT2D eigenvalue weighted by Gasteiger charge is -2.61. The van der Waals surface area contributed by atoms with Crippen LogP contribution in [-0.4, -0.2) is 15.1 Å². The molecule has 0 aliphatic carbocycles. The number of β-lactam (4-membered cyclic amide) rings is 1. The Morgan fingerprint density at radius 3 is 2.52 bits per heavy atom. The molecular formula is C17H12Cl3NOS. The van der Waals surface area contributed by atoms with Crippen LogP contribution in [0.1, 0.15) is 16.7 Å². The van der Waals surface area contributed by atoms with Crippen molar-refractivity contribution in [2.45, 2.75) is 27.6 Å². The molecule has 1 amide bonds. The highest BCUT2D eigenvalue weighted by atomic mass is 35.5. The molecule has 1 saturated heterocycles. The summed E-state index contributed by atoms with van der Waals surface area (Å²) in [5.41, 5.74) is 3.17. The van der Waals surface area contributed by atoms with Crippen LogP contribution < -0.4 is 0 Å². The SMILES string of the molecule is Cc1ccc2c(c1)CN1C(=O)C(Cl)(Cl)[C@]1(c1ccc(Cl)cc1)S2. The number of hydrogen-bond acceptors (Lipinski definition) is 2. The molecule has 2 aromatic rings. The Hall–Kier alpha value is -0.870. The zero-order chi connectivity index (χ0) is 16.4. The Kier molecular flexibility index (Phi) is 3.44. The number of thioether (sulfide) groups is 1. The zero-order valence-electron chi connectivity index (χ0n) is 12.1. The van der Waals surface area contributed by atoms with Gasteiger partial charge in [-0.15, -0.1) is 0 Å². The van der Waals surface area contributed by atoms with Gasteiger partial charge in [0.25, 0.3) is 5.91 Å². The number of aryl methyl sites for hydroxylation is 1. The van der Waals surface area contributed by atoms with Gasteiger partial charge in [0.05, 0.1) is 0 Å². The predicted octanol–water partition coefficient (Wildman–Crippen LogP) is 5.12. The average Bonchev–Trinajstić information content (AvgIpc) is 2.53. The number of fused-ring (bicyclic) bond motifs is 2. The Balaban J connectivity index is 1.89. The van der Waals surface area contributed by atoms with Crippen LogP contribution in [0.25, 0.3) is 0 Å². The monoisotopic (exact) mass is 383 g/mol. The molecule has 0 radical (unpaired) electrons. The van der Waals surface area contributed by atoms with Gasteiger partial charge < -0.3 is 4.90 Å². The molecule has 0 unspecified atom stereocenters. The maximum absolute atomic E-state index is 12.5. The van der Waals surface area contributed by atoms with Gasteiger partial charge in [-0.3, -0.25) is 4.79 Å². The molecule has 2 aliphatic rings. The molecule has 1 fully saturated rings. The van der Waals surface area contributed by atoms with Gasteiger partial charge in [0, 0.05) is 16.5 Å². The Morgan fingerprint density at radius 1 is 1.13 bits per heavy atom. The van der Waals surface area contributed by atoms with Crippen LogP contribution in [0.2, 0.25) is 5.02 Å². The topological polar surface area (TPSA) is 20.3 Å². The van der Waals surface area contributed by atoms with Gasteiger partial charge in [-0.25, -0.2) is 0 Å². The minimum atomic E-state index is -1.49. The quantitative estimate of drug-likeness (QED) is 0.502. The number of alkyl halides is 2. The summed E-state index contributed by atoms with van der Waals surface area (Å²) in [6.07, 6.45) is 0. The van der Waals surface area contributed by atoms with Crippen molar-refractivity contribution in [3.8, 4) is 0 Å². The predicted molar refractivity (Wildman–Crippen MR) is 95.2 cm³/mol. The molecule has 23 heavy (non-hydrogen) atoms. The van der Waals surface area contributed by atoms with E-state index in [0.29, 0.717) is 11.6 Å². The fourth-order valence-electron chi connectivity index (χ4n) is 3.21. The van der Waals surface area contributed by atoms with E-state index in [1.165, 1.54) is 17.3 Å². The third-order valence-electron chi connectivity index (χ3n) is 4.36. The minimum absolute atomic E-state index is 0.254. The third-order valence-corrected chi connectivity index (χ3v) is 7.38. The van der Waals surface area contributed by atoms with E-state index in [2.05, 4.69) is 18.2 Å². The van der Waals surface area contributed by atoms with Crippen LogP contribution in [0, 0.1) is 6.92 Å². The number of carbonyl (C=O) groups excluding carboxylic acids is 1. The molecule has 118 valence electrons. The van der Waals surface area contributed by atoms with Crippen molar-refractivity contribution in [2.75, 3.05) is 0 Å². The first-order valence-corrected chi connectivity index (χ1v) is 9.06. The smallest absolute Gasteiger partial charge is 0.264 e. The summed E-state index contributed by atoms with van der Waals surface area (Å²) in [7, 11) is 0. The van der Waals surface area contributed by atoms with E-state index in [1.807, 2.05) is 19.1 Å². The third kappa shape index (κ3) is 2.00. The van der Waals surface area contributed by atoms with E-state index < -0.39 is 9.20 Å². The number of halogens is 3. The van der Waals surface area contributed by atoms with Crippen LogP contribution in [-0.2, 0) is 16.2 Å². The second-order valence-corrected chi connectivity index (χ2v) is 8.83. The van der Waals surface area contributed by atoms with Gasteiger partial charge in [0.15, 0.2) is 4.87 Å². The van der Waals surface area contributed by atoms with Crippen LogP contribution in [0.4, 0.5) is 0 Å². The summed E-state index contributed by atoms with van der Waals surface area (Å²) < 4.78 is -1.49. The van der Waals surface area contributed by atoms with Crippen LogP contribution in [0.3, 0.4) is 0 Å². The minimum Gasteiger partial charge on any atom is -0.313 e. The first kappa shape index (κ1) is 15.6. The van der Waals surface area contributed by atoms with Crippen molar-refractivity contribution in [1.82, 2.24) is 4.90 Å². The lowest BCUT2D eigenvalue weighted by Crippen LogP contribution is -2.74. The molecule has 4 rings (SSSR count). The number of carbonyl (C=O) groups is 1. The van der Waals surface area contributed by atoms with Crippen LogP contribution >= 0.6 is 46.6 Å². The van der Waals surface area contributed by atoms with Gasteiger partial charge in [-0.2, -0.15) is 0 Å². The normalized spacial score (nSPS) is 24.7. The zero-order valence-corrected chi connectivity index (χ0v) is 15.2. The maximum Gasteiger partial charge on any atom is 0.264 e. The first-order valence-electron chi connectivity index (χ1n) is 7.11. The van der Waals surface area contributed by atoms with Gasteiger partial charge in [0.1, 0.15) is 0 Å². The summed E-state index contributed by atoms with van der Waals surface area (Å²) in [5, 5.41) is 0.633. The average molecular weight is 385 g/mol. The van der Waals surface area contributed by atoms with Gasteiger partial charge in [0.2, 0.25) is 4.33 Å². The van der Waals surface area contributed by atoms with Crippen LogP contribution in [0.5, 0.6) is 0 Å². The van der Waals surface area contributed by atoms with Gasteiger partial charge in [-0.05, 0) is 36.2 Å². The summed E-state index contributed by atoms with van der Waals surface area (Å²) >= 11 is 20.5. The van der Waals surface area contributed by atoms with Crippen molar-refractivity contribution in [3.05, 3.63) is 64.2 Å². The second kappa shape index (κ2) is 5.06. The Labute approximate surface area is 153 Å². The van der Waals surface area contributed by atoms with Crippen molar-refractivity contribution in [2.24, 2.45) is 0 Å². The summed E-state index contributed by atoms with van der Waals surface area (Å²) in [6, 6.07) is 13.6. The Bertz CT molecular complexity index is 821. The molecule has 6 heteroatoms. The highest BCUT2D eigenvalue weighted by Gasteiger charge is 2.73. The van der Waals surface area contributed by atoms with Crippen molar-refractivity contribution in [1.29, 1.82) is 0 Å². The molecule has 2 aromatic carbocycles. The van der Waals surface area contributed by atoms with E-state index in [4.69, 9.17) is 34.8 Å².